The quantitative estimate of drug-likeness (QED) is 0.849. The number of hydrogen-bond acceptors (Lipinski definition) is 4. The number of pyridine rings is 1. The SMILES string of the molecule is c1ccc2ncc(C3=NN[C@]4(CC5CCC4CC5)N3)cc2c1. The van der Waals surface area contributed by atoms with Gasteiger partial charge in [0.25, 0.3) is 0 Å². The molecular formula is C18H20N4. The van der Waals surface area contributed by atoms with E-state index in [1.165, 1.54) is 32.1 Å². The average Bonchev–Trinajstić information content (AvgIpc) is 2.99. The van der Waals surface area contributed by atoms with Crippen LogP contribution < -0.4 is 10.7 Å². The number of fused-ring (bicyclic) bond motifs is 3. The standard InChI is InChI=1S/C18H20N4/c1-2-4-16-13(3-1)9-14(11-19-16)17-20-18(22-21-17)10-12-5-7-15(18)8-6-12/h1-4,9,11-12,15,22H,5-8,10H2,(H,20,21)/t12?,15?,18-/m0/s1. The molecule has 2 aromatic rings. The average molecular weight is 292 g/mol. The van der Waals surface area contributed by atoms with Crippen molar-refractivity contribution in [3.63, 3.8) is 0 Å². The molecule has 112 valence electrons. The van der Waals surface area contributed by atoms with Gasteiger partial charge in [-0.3, -0.25) is 10.4 Å². The van der Waals surface area contributed by atoms with Crippen LogP contribution in [0.4, 0.5) is 0 Å². The van der Waals surface area contributed by atoms with Gasteiger partial charge in [0.2, 0.25) is 0 Å². The molecule has 6 rings (SSSR count). The van der Waals surface area contributed by atoms with Gasteiger partial charge in [0, 0.05) is 23.1 Å². The highest BCUT2D eigenvalue weighted by atomic mass is 15.5. The lowest BCUT2D eigenvalue weighted by Crippen LogP contribution is -2.62. The van der Waals surface area contributed by atoms with E-state index < -0.39 is 0 Å². The molecule has 0 radical (unpaired) electrons. The number of hydrogen-bond donors (Lipinski definition) is 2. The lowest BCUT2D eigenvalue weighted by molar-refractivity contribution is 0.0394. The maximum absolute atomic E-state index is 4.62. The minimum Gasteiger partial charge on any atom is -0.344 e. The Morgan fingerprint density at radius 3 is 2.77 bits per heavy atom. The first-order chi connectivity index (χ1) is 10.8. The van der Waals surface area contributed by atoms with E-state index in [4.69, 9.17) is 0 Å². The van der Waals surface area contributed by atoms with Crippen molar-refractivity contribution in [3.8, 4) is 0 Å². The summed E-state index contributed by atoms with van der Waals surface area (Å²) in [5.41, 5.74) is 5.56. The fourth-order valence-electron chi connectivity index (χ4n) is 4.53. The van der Waals surface area contributed by atoms with Crippen LogP contribution in [0.5, 0.6) is 0 Å². The van der Waals surface area contributed by atoms with Gasteiger partial charge in [0.15, 0.2) is 5.84 Å². The van der Waals surface area contributed by atoms with E-state index in [9.17, 15) is 0 Å². The number of para-hydroxylation sites is 1. The minimum atomic E-state index is 0.00213. The molecule has 0 unspecified atom stereocenters. The topological polar surface area (TPSA) is 49.3 Å². The van der Waals surface area contributed by atoms with Crippen molar-refractivity contribution in [2.75, 3.05) is 0 Å². The molecule has 0 saturated heterocycles. The second-order valence-electron chi connectivity index (χ2n) is 7.01. The van der Waals surface area contributed by atoms with Crippen molar-refractivity contribution < 1.29 is 0 Å². The van der Waals surface area contributed by atoms with Crippen LogP contribution in [0.25, 0.3) is 10.9 Å². The highest BCUT2D eigenvalue weighted by Gasteiger charge is 2.50. The van der Waals surface area contributed by atoms with E-state index in [-0.39, 0.29) is 5.66 Å². The molecule has 0 amide bonds. The molecule has 4 heteroatoms. The van der Waals surface area contributed by atoms with E-state index >= 15 is 0 Å². The minimum absolute atomic E-state index is 0.00213. The van der Waals surface area contributed by atoms with E-state index in [2.05, 4.69) is 39.0 Å². The predicted octanol–water partition coefficient (Wildman–Crippen LogP) is 3.00. The van der Waals surface area contributed by atoms with Gasteiger partial charge in [0.1, 0.15) is 5.66 Å². The summed E-state index contributed by atoms with van der Waals surface area (Å²) in [6, 6.07) is 10.4. The molecule has 4 aliphatic rings. The summed E-state index contributed by atoms with van der Waals surface area (Å²) >= 11 is 0. The number of hydrazone groups is 1. The molecule has 1 aromatic carbocycles. The van der Waals surface area contributed by atoms with Crippen LogP contribution in [-0.2, 0) is 0 Å². The summed E-state index contributed by atoms with van der Waals surface area (Å²) in [6.45, 7) is 0. The number of benzene rings is 1. The Balaban J connectivity index is 1.46. The second kappa shape index (κ2) is 4.45. The van der Waals surface area contributed by atoms with Gasteiger partial charge in [-0.05, 0) is 50.2 Å². The van der Waals surface area contributed by atoms with Crippen molar-refractivity contribution in [3.05, 3.63) is 42.1 Å². The van der Waals surface area contributed by atoms with Crippen molar-refractivity contribution in [1.82, 2.24) is 15.7 Å². The predicted molar refractivity (Wildman–Crippen MR) is 87.3 cm³/mol. The Hall–Kier alpha value is -2.10. The van der Waals surface area contributed by atoms with Gasteiger partial charge < -0.3 is 5.32 Å². The summed E-state index contributed by atoms with van der Waals surface area (Å²) in [5.74, 6) is 2.51. The maximum atomic E-state index is 4.62. The smallest absolute Gasteiger partial charge is 0.156 e. The molecule has 1 spiro atoms. The summed E-state index contributed by atoms with van der Waals surface area (Å²) in [5, 5.41) is 9.50. The highest BCUT2D eigenvalue weighted by Crippen LogP contribution is 2.47. The van der Waals surface area contributed by atoms with Crippen LogP contribution in [0.1, 0.15) is 37.7 Å². The maximum Gasteiger partial charge on any atom is 0.156 e. The summed E-state index contributed by atoms with van der Waals surface area (Å²) in [6.07, 6.45) is 8.56. The zero-order valence-electron chi connectivity index (χ0n) is 12.5. The van der Waals surface area contributed by atoms with E-state index in [1.54, 1.807) is 0 Å². The normalized spacial score (nSPS) is 32.8. The monoisotopic (exact) mass is 292 g/mol. The molecule has 1 atom stereocenters. The molecule has 2 N–H and O–H groups in total. The van der Waals surface area contributed by atoms with Crippen LogP contribution in [-0.4, -0.2) is 16.5 Å². The van der Waals surface area contributed by atoms with Gasteiger partial charge in [-0.1, -0.05) is 18.2 Å². The molecular weight excluding hydrogens is 272 g/mol. The first-order valence-electron chi connectivity index (χ1n) is 8.31. The van der Waals surface area contributed by atoms with E-state index in [0.29, 0.717) is 5.92 Å². The van der Waals surface area contributed by atoms with Crippen molar-refractivity contribution in [1.29, 1.82) is 0 Å². The Morgan fingerprint density at radius 2 is 1.95 bits per heavy atom. The molecule has 3 fully saturated rings. The number of aromatic nitrogens is 1. The van der Waals surface area contributed by atoms with Gasteiger partial charge in [-0.25, -0.2) is 0 Å². The number of nitrogens with one attached hydrogen (secondary N) is 2. The zero-order valence-corrected chi connectivity index (χ0v) is 12.5. The molecule has 22 heavy (non-hydrogen) atoms. The first kappa shape index (κ1) is 12.4. The molecule has 3 saturated carbocycles. The third-order valence-corrected chi connectivity index (χ3v) is 5.73. The Kier molecular flexibility index (Phi) is 2.52. The Labute approximate surface area is 130 Å². The first-order valence-corrected chi connectivity index (χ1v) is 8.31. The third-order valence-electron chi connectivity index (χ3n) is 5.73. The third kappa shape index (κ3) is 1.76. The number of rotatable bonds is 1. The Morgan fingerprint density at radius 1 is 1.09 bits per heavy atom. The fourth-order valence-corrected chi connectivity index (χ4v) is 4.53. The van der Waals surface area contributed by atoms with Gasteiger partial charge in [0.05, 0.1) is 5.52 Å². The highest BCUT2D eigenvalue weighted by molar-refractivity contribution is 6.02. The molecule has 3 aliphatic carbocycles. The Bertz CT molecular complexity index is 761. The van der Waals surface area contributed by atoms with Gasteiger partial charge in [-0.2, -0.15) is 5.10 Å². The van der Waals surface area contributed by atoms with Crippen molar-refractivity contribution >= 4 is 16.7 Å². The summed E-state index contributed by atoms with van der Waals surface area (Å²) in [4.78, 5) is 4.56. The summed E-state index contributed by atoms with van der Waals surface area (Å²) < 4.78 is 0. The number of nitrogens with zero attached hydrogens (tertiary/aromatic N) is 2. The molecule has 2 bridgehead atoms. The van der Waals surface area contributed by atoms with Crippen LogP contribution in [0.2, 0.25) is 0 Å². The lowest BCUT2D eigenvalue weighted by atomic mass is 9.64. The van der Waals surface area contributed by atoms with Crippen molar-refractivity contribution in [2.24, 2.45) is 16.9 Å². The van der Waals surface area contributed by atoms with Crippen molar-refractivity contribution in [2.45, 2.75) is 37.8 Å². The summed E-state index contributed by atoms with van der Waals surface area (Å²) in [7, 11) is 0. The van der Waals surface area contributed by atoms with Crippen LogP contribution in [0, 0.1) is 11.8 Å². The molecule has 1 aromatic heterocycles. The molecule has 2 heterocycles. The zero-order chi connectivity index (χ0) is 14.6. The van der Waals surface area contributed by atoms with E-state index in [0.717, 1.165) is 28.2 Å². The lowest BCUT2D eigenvalue weighted by Gasteiger charge is -2.49. The largest absolute Gasteiger partial charge is 0.344 e. The van der Waals surface area contributed by atoms with Gasteiger partial charge in [-0.15, -0.1) is 0 Å². The number of amidine groups is 1. The van der Waals surface area contributed by atoms with Crippen LogP contribution in [0.15, 0.2) is 41.6 Å². The molecule has 4 nitrogen and oxygen atoms in total. The van der Waals surface area contributed by atoms with Crippen LogP contribution >= 0.6 is 0 Å². The van der Waals surface area contributed by atoms with Crippen LogP contribution in [0.3, 0.4) is 0 Å². The second-order valence-corrected chi connectivity index (χ2v) is 7.01. The van der Waals surface area contributed by atoms with Gasteiger partial charge >= 0.3 is 0 Å². The molecule has 1 aliphatic heterocycles. The van der Waals surface area contributed by atoms with E-state index in [1.807, 2.05) is 18.3 Å². The fraction of sp³-hybridized carbons (Fsp3) is 0.444.